The standard InChI is InChI=1S/C30H26FN5O2/c1-38-26-10-6-5-9-24(26)30(37)35-17-15-34(16-18-35)28-27-25(21-7-3-2-4-8-21)19-36(29(27)33-20-32-28)23-13-11-22(31)12-14-23/h2-14,19-20H,15-18H2,1H3. The summed E-state index contributed by atoms with van der Waals surface area (Å²) in [5.41, 5.74) is 4.16. The molecule has 1 saturated heterocycles. The number of rotatable bonds is 5. The van der Waals surface area contributed by atoms with Crippen LogP contribution in [0, 0.1) is 5.82 Å². The number of carbonyl (C=O) groups is 1. The van der Waals surface area contributed by atoms with E-state index in [1.165, 1.54) is 12.1 Å². The monoisotopic (exact) mass is 507 g/mol. The largest absolute Gasteiger partial charge is 0.496 e. The zero-order valence-corrected chi connectivity index (χ0v) is 20.9. The van der Waals surface area contributed by atoms with Crippen LogP contribution < -0.4 is 9.64 Å². The average Bonchev–Trinajstić information content (AvgIpc) is 3.38. The van der Waals surface area contributed by atoms with Crippen LogP contribution in [0.15, 0.2) is 91.4 Å². The lowest BCUT2D eigenvalue weighted by Crippen LogP contribution is -2.49. The third-order valence-corrected chi connectivity index (χ3v) is 6.96. The molecular formula is C30H26FN5O2. The first-order chi connectivity index (χ1) is 18.6. The van der Waals surface area contributed by atoms with Crippen molar-refractivity contribution < 1.29 is 13.9 Å². The van der Waals surface area contributed by atoms with Crippen LogP contribution in [-0.4, -0.2) is 58.6 Å². The molecule has 0 aliphatic carbocycles. The number of fused-ring (bicyclic) bond motifs is 1. The number of piperazine rings is 1. The number of carbonyl (C=O) groups excluding carboxylic acids is 1. The van der Waals surface area contributed by atoms with Crippen molar-refractivity contribution in [2.75, 3.05) is 38.2 Å². The van der Waals surface area contributed by atoms with Crippen LogP contribution in [0.1, 0.15) is 10.4 Å². The van der Waals surface area contributed by atoms with Gasteiger partial charge in [-0.25, -0.2) is 14.4 Å². The van der Waals surface area contributed by atoms with Gasteiger partial charge in [0.25, 0.3) is 5.91 Å². The number of hydrogen-bond donors (Lipinski definition) is 0. The molecule has 1 aliphatic heterocycles. The maximum atomic E-state index is 13.7. The molecule has 0 saturated carbocycles. The van der Waals surface area contributed by atoms with E-state index in [1.54, 1.807) is 37.7 Å². The van der Waals surface area contributed by atoms with Gasteiger partial charge in [-0.1, -0.05) is 42.5 Å². The Hall–Kier alpha value is -4.72. The molecule has 6 rings (SSSR count). The van der Waals surface area contributed by atoms with E-state index >= 15 is 0 Å². The molecule has 0 radical (unpaired) electrons. The number of nitrogens with zero attached hydrogens (tertiary/aromatic N) is 5. The molecule has 3 heterocycles. The van der Waals surface area contributed by atoms with Gasteiger partial charge < -0.3 is 19.1 Å². The van der Waals surface area contributed by atoms with Crippen LogP contribution in [0.2, 0.25) is 0 Å². The summed E-state index contributed by atoms with van der Waals surface area (Å²) in [5, 5.41) is 0.924. The van der Waals surface area contributed by atoms with E-state index in [4.69, 9.17) is 9.72 Å². The molecule has 190 valence electrons. The van der Waals surface area contributed by atoms with Gasteiger partial charge in [-0.05, 0) is 42.0 Å². The Bertz CT molecular complexity index is 1590. The van der Waals surface area contributed by atoms with Crippen LogP contribution >= 0.6 is 0 Å². The topological polar surface area (TPSA) is 63.5 Å². The second-order valence-corrected chi connectivity index (χ2v) is 9.13. The first-order valence-electron chi connectivity index (χ1n) is 12.5. The molecule has 1 fully saturated rings. The van der Waals surface area contributed by atoms with Gasteiger partial charge in [-0.2, -0.15) is 0 Å². The molecule has 1 aliphatic rings. The van der Waals surface area contributed by atoms with Gasteiger partial charge in [-0.3, -0.25) is 4.79 Å². The van der Waals surface area contributed by atoms with Crippen molar-refractivity contribution in [3.63, 3.8) is 0 Å². The summed E-state index contributed by atoms with van der Waals surface area (Å²) in [6, 6.07) is 23.8. The lowest BCUT2D eigenvalue weighted by atomic mass is 10.1. The number of halogens is 1. The summed E-state index contributed by atoms with van der Waals surface area (Å²) in [4.78, 5) is 26.6. The maximum absolute atomic E-state index is 13.7. The van der Waals surface area contributed by atoms with Crippen molar-refractivity contribution in [1.82, 2.24) is 19.4 Å². The number of amides is 1. The molecule has 0 atom stereocenters. The maximum Gasteiger partial charge on any atom is 0.257 e. The molecule has 1 amide bonds. The lowest BCUT2D eigenvalue weighted by Gasteiger charge is -2.36. The van der Waals surface area contributed by atoms with E-state index in [0.29, 0.717) is 37.5 Å². The fraction of sp³-hybridized carbons (Fsp3) is 0.167. The second kappa shape index (κ2) is 9.97. The average molecular weight is 508 g/mol. The smallest absolute Gasteiger partial charge is 0.257 e. The molecule has 38 heavy (non-hydrogen) atoms. The SMILES string of the molecule is COc1ccccc1C(=O)N1CCN(c2ncnc3c2c(-c2ccccc2)cn3-c2ccc(F)cc2)CC1. The highest BCUT2D eigenvalue weighted by Gasteiger charge is 2.27. The van der Waals surface area contributed by atoms with Crippen molar-refractivity contribution in [2.24, 2.45) is 0 Å². The number of aromatic nitrogens is 3. The normalized spacial score (nSPS) is 13.6. The molecule has 7 nitrogen and oxygen atoms in total. The van der Waals surface area contributed by atoms with E-state index in [1.807, 2.05) is 46.0 Å². The van der Waals surface area contributed by atoms with E-state index in [9.17, 15) is 9.18 Å². The minimum atomic E-state index is -0.288. The molecule has 0 spiro atoms. The molecule has 0 N–H and O–H groups in total. The second-order valence-electron chi connectivity index (χ2n) is 9.13. The first kappa shape index (κ1) is 23.7. The number of para-hydroxylation sites is 1. The predicted octanol–water partition coefficient (Wildman–Crippen LogP) is 5.20. The predicted molar refractivity (Wildman–Crippen MR) is 145 cm³/mol. The van der Waals surface area contributed by atoms with Crippen LogP contribution in [0.25, 0.3) is 27.8 Å². The van der Waals surface area contributed by atoms with Crippen LogP contribution in [0.5, 0.6) is 5.75 Å². The van der Waals surface area contributed by atoms with Gasteiger partial charge in [0, 0.05) is 43.6 Å². The highest BCUT2D eigenvalue weighted by molar-refractivity contribution is 6.02. The molecule has 0 bridgehead atoms. The summed E-state index contributed by atoms with van der Waals surface area (Å²) < 4.78 is 21.0. The summed E-state index contributed by atoms with van der Waals surface area (Å²) >= 11 is 0. The third kappa shape index (κ3) is 4.24. The Morgan fingerprint density at radius 1 is 0.868 bits per heavy atom. The van der Waals surface area contributed by atoms with Gasteiger partial charge in [0.15, 0.2) is 5.65 Å². The molecule has 0 unspecified atom stereocenters. The Morgan fingerprint density at radius 3 is 2.32 bits per heavy atom. The molecule has 8 heteroatoms. The molecule has 5 aromatic rings. The first-order valence-corrected chi connectivity index (χ1v) is 12.5. The van der Waals surface area contributed by atoms with Crippen LogP contribution in [0.3, 0.4) is 0 Å². The van der Waals surface area contributed by atoms with E-state index in [-0.39, 0.29) is 11.7 Å². The highest BCUT2D eigenvalue weighted by Crippen LogP contribution is 2.37. The van der Waals surface area contributed by atoms with Crippen molar-refractivity contribution in [1.29, 1.82) is 0 Å². The van der Waals surface area contributed by atoms with Gasteiger partial charge in [-0.15, -0.1) is 0 Å². The fourth-order valence-corrected chi connectivity index (χ4v) is 5.03. The Labute approximate surface area is 219 Å². The van der Waals surface area contributed by atoms with Crippen molar-refractivity contribution >= 4 is 22.8 Å². The van der Waals surface area contributed by atoms with Gasteiger partial charge in [0.05, 0.1) is 18.1 Å². The summed E-state index contributed by atoms with van der Waals surface area (Å²) in [5.74, 6) is 1.07. The van der Waals surface area contributed by atoms with Gasteiger partial charge in [0.2, 0.25) is 0 Å². The molecule has 3 aromatic carbocycles. The van der Waals surface area contributed by atoms with Crippen molar-refractivity contribution in [2.45, 2.75) is 0 Å². The molecule has 2 aromatic heterocycles. The minimum Gasteiger partial charge on any atom is -0.496 e. The Kier molecular flexibility index (Phi) is 6.21. The van der Waals surface area contributed by atoms with Crippen LogP contribution in [0.4, 0.5) is 10.2 Å². The summed E-state index contributed by atoms with van der Waals surface area (Å²) in [6.45, 7) is 2.37. The fourth-order valence-electron chi connectivity index (χ4n) is 5.03. The Balaban J connectivity index is 1.36. The summed E-state index contributed by atoms with van der Waals surface area (Å²) in [6.07, 6.45) is 3.60. The van der Waals surface area contributed by atoms with E-state index in [0.717, 1.165) is 33.7 Å². The zero-order chi connectivity index (χ0) is 26.1. The van der Waals surface area contributed by atoms with Crippen molar-refractivity contribution in [3.05, 3.63) is 103 Å². The number of anilines is 1. The number of methoxy groups -OCH3 is 1. The summed E-state index contributed by atoms with van der Waals surface area (Å²) in [7, 11) is 1.58. The third-order valence-electron chi connectivity index (χ3n) is 6.96. The number of ether oxygens (including phenoxy) is 1. The zero-order valence-electron chi connectivity index (χ0n) is 20.9. The van der Waals surface area contributed by atoms with Crippen LogP contribution in [-0.2, 0) is 0 Å². The number of hydrogen-bond acceptors (Lipinski definition) is 5. The number of benzene rings is 3. The van der Waals surface area contributed by atoms with Gasteiger partial charge >= 0.3 is 0 Å². The minimum absolute atomic E-state index is 0.0395. The lowest BCUT2D eigenvalue weighted by molar-refractivity contribution is 0.0743. The highest BCUT2D eigenvalue weighted by atomic mass is 19.1. The van der Waals surface area contributed by atoms with E-state index in [2.05, 4.69) is 22.0 Å². The quantitative estimate of drug-likeness (QED) is 0.327. The Morgan fingerprint density at radius 2 is 1.58 bits per heavy atom. The molecular weight excluding hydrogens is 481 g/mol. The van der Waals surface area contributed by atoms with Crippen molar-refractivity contribution in [3.8, 4) is 22.6 Å². The van der Waals surface area contributed by atoms with E-state index < -0.39 is 0 Å². The van der Waals surface area contributed by atoms with Gasteiger partial charge in [0.1, 0.15) is 23.7 Å².